The summed E-state index contributed by atoms with van der Waals surface area (Å²) in [5, 5.41) is 4.24. The van der Waals surface area contributed by atoms with Gasteiger partial charge in [0.25, 0.3) is 0 Å². The number of nitrogens with zero attached hydrogens (tertiary/aromatic N) is 3. The summed E-state index contributed by atoms with van der Waals surface area (Å²) in [6.07, 6.45) is 0. The van der Waals surface area contributed by atoms with E-state index in [1.807, 2.05) is 20.8 Å². The van der Waals surface area contributed by atoms with Crippen molar-refractivity contribution in [3.8, 4) is 5.75 Å². The van der Waals surface area contributed by atoms with Crippen molar-refractivity contribution in [2.45, 2.75) is 32.6 Å². The lowest BCUT2D eigenvalue weighted by atomic mass is 10.2. The molecule has 3 rings (SSSR count). The van der Waals surface area contributed by atoms with E-state index in [1.165, 1.54) is 23.3 Å². The average molecular weight is 421 g/mol. The Morgan fingerprint density at radius 2 is 1.89 bits per heavy atom. The molecule has 0 aliphatic heterocycles. The van der Waals surface area contributed by atoms with Crippen LogP contribution in [0.1, 0.15) is 23.2 Å². The highest BCUT2D eigenvalue weighted by Crippen LogP contribution is 2.36. The number of aryl methyl sites for hydroxylation is 3. The molecule has 0 saturated heterocycles. The molecule has 9 heteroatoms. The van der Waals surface area contributed by atoms with Gasteiger partial charge in [0.15, 0.2) is 0 Å². The lowest BCUT2D eigenvalue weighted by molar-refractivity contribution is 0.330. The van der Waals surface area contributed by atoms with Crippen molar-refractivity contribution in [2.75, 3.05) is 26.0 Å². The summed E-state index contributed by atoms with van der Waals surface area (Å²) in [7, 11) is -0.662. The van der Waals surface area contributed by atoms with Gasteiger partial charge in [0, 0.05) is 24.7 Å². The zero-order valence-corrected chi connectivity index (χ0v) is 18.5. The van der Waals surface area contributed by atoms with Gasteiger partial charge in [-0.1, -0.05) is 0 Å². The maximum atomic E-state index is 12.8. The van der Waals surface area contributed by atoms with Crippen molar-refractivity contribution in [1.29, 1.82) is 0 Å². The van der Waals surface area contributed by atoms with Crippen molar-refractivity contribution in [3.63, 3.8) is 0 Å². The van der Waals surface area contributed by atoms with Crippen LogP contribution < -0.4 is 10.1 Å². The van der Waals surface area contributed by atoms with E-state index in [-0.39, 0.29) is 4.90 Å². The van der Waals surface area contributed by atoms with E-state index in [4.69, 9.17) is 4.74 Å². The Balaban J connectivity index is 2.13. The van der Waals surface area contributed by atoms with Crippen molar-refractivity contribution in [3.05, 3.63) is 34.5 Å². The Kier molecular flexibility index (Phi) is 5.60. The van der Waals surface area contributed by atoms with E-state index in [1.54, 1.807) is 29.5 Å². The lowest BCUT2D eigenvalue weighted by Crippen LogP contribution is -2.23. The molecule has 2 heterocycles. The Hall–Kier alpha value is -2.23. The Labute approximate surface area is 169 Å². The standard InChI is InChI=1S/C19H24N4O3S2/c1-7-26-15-9-8-14(10-16(15)28(24,25)23(5)6)22-18-17-11(2)12(3)27-19(17)21-13(4)20-18/h8-10H,7H2,1-6H3,(H,20,21,22). The molecule has 0 saturated carbocycles. The molecule has 7 nitrogen and oxygen atoms in total. The van der Waals surface area contributed by atoms with Crippen LogP contribution in [0.15, 0.2) is 23.1 Å². The van der Waals surface area contributed by atoms with Crippen LogP contribution in [0.25, 0.3) is 10.2 Å². The molecule has 0 spiro atoms. The van der Waals surface area contributed by atoms with Crippen LogP contribution in [0.2, 0.25) is 0 Å². The third-order valence-electron chi connectivity index (χ3n) is 4.41. The topological polar surface area (TPSA) is 84.4 Å². The van der Waals surface area contributed by atoms with Crippen LogP contribution in [0.5, 0.6) is 5.75 Å². The quantitative estimate of drug-likeness (QED) is 0.649. The van der Waals surface area contributed by atoms with Gasteiger partial charge in [0.1, 0.15) is 27.1 Å². The molecule has 0 atom stereocenters. The van der Waals surface area contributed by atoms with Gasteiger partial charge >= 0.3 is 0 Å². The molecule has 1 aromatic carbocycles. The maximum absolute atomic E-state index is 12.8. The molecule has 0 aliphatic rings. The molecule has 0 bridgehead atoms. The van der Waals surface area contributed by atoms with Crippen molar-refractivity contribution in [2.24, 2.45) is 0 Å². The summed E-state index contributed by atoms with van der Waals surface area (Å²) in [6, 6.07) is 5.04. The van der Waals surface area contributed by atoms with E-state index < -0.39 is 10.0 Å². The minimum Gasteiger partial charge on any atom is -0.492 e. The first kappa shape index (κ1) is 20.5. The van der Waals surface area contributed by atoms with Crippen LogP contribution in [0.4, 0.5) is 11.5 Å². The zero-order valence-electron chi connectivity index (χ0n) is 16.8. The van der Waals surface area contributed by atoms with Gasteiger partial charge < -0.3 is 10.1 Å². The highest BCUT2D eigenvalue weighted by molar-refractivity contribution is 7.89. The number of sulfonamides is 1. The Morgan fingerprint density at radius 3 is 2.54 bits per heavy atom. The second kappa shape index (κ2) is 7.65. The average Bonchev–Trinajstić information content (AvgIpc) is 2.90. The number of nitrogens with one attached hydrogen (secondary N) is 1. The molecular formula is C19H24N4O3S2. The predicted octanol–water partition coefficient (Wildman–Crippen LogP) is 4.01. The summed E-state index contributed by atoms with van der Waals surface area (Å²) in [5.74, 6) is 1.65. The molecule has 1 N–H and O–H groups in total. The molecule has 0 unspecified atom stereocenters. The minimum absolute atomic E-state index is 0.115. The van der Waals surface area contributed by atoms with Gasteiger partial charge in [-0.05, 0) is 51.5 Å². The molecule has 0 aliphatic carbocycles. The first-order chi connectivity index (χ1) is 13.1. The van der Waals surface area contributed by atoms with E-state index in [0.717, 1.165) is 15.8 Å². The number of hydrogen-bond donors (Lipinski definition) is 1. The molecule has 0 radical (unpaired) electrons. The first-order valence-corrected chi connectivity index (χ1v) is 11.1. The number of anilines is 2. The predicted molar refractivity (Wildman–Crippen MR) is 113 cm³/mol. The second-order valence-corrected chi connectivity index (χ2v) is 9.91. The number of ether oxygens (including phenoxy) is 1. The fourth-order valence-corrected chi connectivity index (χ4v) is 4.97. The number of rotatable bonds is 6. The van der Waals surface area contributed by atoms with Crippen LogP contribution in [-0.4, -0.2) is 43.4 Å². The van der Waals surface area contributed by atoms with E-state index in [0.29, 0.717) is 29.7 Å². The number of benzene rings is 1. The fraction of sp³-hybridized carbons (Fsp3) is 0.368. The van der Waals surface area contributed by atoms with Crippen LogP contribution >= 0.6 is 11.3 Å². The third-order valence-corrected chi connectivity index (χ3v) is 7.34. The summed E-state index contributed by atoms with van der Waals surface area (Å²) in [4.78, 5) is 11.3. The van der Waals surface area contributed by atoms with E-state index >= 15 is 0 Å². The van der Waals surface area contributed by atoms with Crippen molar-refractivity contribution < 1.29 is 13.2 Å². The highest BCUT2D eigenvalue weighted by Gasteiger charge is 2.23. The number of hydrogen-bond acceptors (Lipinski definition) is 7. The molecular weight excluding hydrogens is 396 g/mol. The first-order valence-electron chi connectivity index (χ1n) is 8.86. The summed E-state index contributed by atoms with van der Waals surface area (Å²) >= 11 is 1.62. The zero-order chi connectivity index (χ0) is 20.6. The van der Waals surface area contributed by atoms with Gasteiger partial charge in [0.2, 0.25) is 10.0 Å². The number of fused-ring (bicyclic) bond motifs is 1. The van der Waals surface area contributed by atoms with E-state index in [2.05, 4.69) is 22.2 Å². The van der Waals surface area contributed by atoms with Gasteiger partial charge in [-0.3, -0.25) is 0 Å². The molecule has 150 valence electrons. The SMILES string of the molecule is CCOc1ccc(Nc2nc(C)nc3sc(C)c(C)c23)cc1S(=O)(=O)N(C)C. The third kappa shape index (κ3) is 3.69. The Bertz CT molecular complexity index is 1140. The molecule has 28 heavy (non-hydrogen) atoms. The van der Waals surface area contributed by atoms with Gasteiger partial charge in [-0.15, -0.1) is 11.3 Å². The van der Waals surface area contributed by atoms with Gasteiger partial charge in [-0.2, -0.15) is 0 Å². The van der Waals surface area contributed by atoms with Crippen LogP contribution in [0, 0.1) is 20.8 Å². The normalized spacial score (nSPS) is 12.0. The second-order valence-electron chi connectivity index (χ2n) is 6.59. The number of aromatic nitrogens is 2. The summed E-state index contributed by atoms with van der Waals surface area (Å²) in [5.41, 5.74) is 1.74. The minimum atomic E-state index is -3.66. The lowest BCUT2D eigenvalue weighted by Gasteiger charge is -2.17. The largest absolute Gasteiger partial charge is 0.492 e. The highest BCUT2D eigenvalue weighted by atomic mass is 32.2. The number of thiophene rings is 1. The van der Waals surface area contributed by atoms with Crippen molar-refractivity contribution >= 4 is 43.1 Å². The maximum Gasteiger partial charge on any atom is 0.246 e. The molecule has 0 amide bonds. The fourth-order valence-electron chi connectivity index (χ4n) is 2.84. The van der Waals surface area contributed by atoms with Gasteiger partial charge in [0.05, 0.1) is 12.0 Å². The molecule has 3 aromatic rings. The summed E-state index contributed by atoms with van der Waals surface area (Å²) < 4.78 is 32.2. The Morgan fingerprint density at radius 1 is 1.18 bits per heavy atom. The smallest absolute Gasteiger partial charge is 0.246 e. The van der Waals surface area contributed by atoms with Crippen LogP contribution in [0.3, 0.4) is 0 Å². The monoisotopic (exact) mass is 420 g/mol. The summed E-state index contributed by atoms with van der Waals surface area (Å²) in [6.45, 7) is 8.13. The van der Waals surface area contributed by atoms with E-state index in [9.17, 15) is 8.42 Å². The van der Waals surface area contributed by atoms with Gasteiger partial charge in [-0.25, -0.2) is 22.7 Å². The molecule has 0 fully saturated rings. The van der Waals surface area contributed by atoms with Crippen LogP contribution in [-0.2, 0) is 10.0 Å². The van der Waals surface area contributed by atoms with Crippen molar-refractivity contribution in [1.82, 2.24) is 14.3 Å². The molecule has 2 aromatic heterocycles.